The predicted octanol–water partition coefficient (Wildman–Crippen LogP) is 4.57. The summed E-state index contributed by atoms with van der Waals surface area (Å²) in [5.74, 6) is -1.22. The van der Waals surface area contributed by atoms with Crippen molar-refractivity contribution in [3.63, 3.8) is 0 Å². The van der Waals surface area contributed by atoms with E-state index in [1.165, 1.54) is 6.07 Å². The van der Waals surface area contributed by atoms with Crippen LogP contribution in [0.5, 0.6) is 0 Å². The number of non-ortho nitro benzene ring substituents is 1. The summed E-state index contributed by atoms with van der Waals surface area (Å²) in [6, 6.07) is 6.48. The third-order valence-corrected chi connectivity index (χ3v) is 4.83. The Morgan fingerprint density at radius 3 is 2.40 bits per heavy atom. The Bertz CT molecular complexity index is 1000. The lowest BCUT2D eigenvalue weighted by Crippen LogP contribution is -1.98. The van der Waals surface area contributed by atoms with Gasteiger partial charge < -0.3 is 10.4 Å². The molecule has 2 aromatic carbocycles. The van der Waals surface area contributed by atoms with Crippen LogP contribution in [0.4, 0.5) is 16.5 Å². The predicted molar refractivity (Wildman–Crippen MR) is 97.2 cm³/mol. The number of benzene rings is 2. The molecule has 1 heterocycles. The van der Waals surface area contributed by atoms with E-state index in [0.29, 0.717) is 15.3 Å². The number of carboxylic acids is 1. The number of aromatic nitrogens is 1. The van der Waals surface area contributed by atoms with Gasteiger partial charge in [-0.05, 0) is 38.0 Å². The van der Waals surface area contributed by atoms with Crippen LogP contribution < -0.4 is 5.32 Å². The van der Waals surface area contributed by atoms with Gasteiger partial charge >= 0.3 is 5.97 Å². The molecule has 2 N–H and O–H groups in total. The number of thiazole rings is 1. The lowest BCUT2D eigenvalue weighted by Gasteiger charge is -2.11. The summed E-state index contributed by atoms with van der Waals surface area (Å²) in [4.78, 5) is 26.2. The molecule has 0 bridgehead atoms. The number of aromatic carboxylic acids is 1. The molecule has 1 aromatic heterocycles. The van der Waals surface area contributed by atoms with Gasteiger partial charge in [-0.2, -0.15) is 0 Å². The van der Waals surface area contributed by atoms with Crippen LogP contribution in [0.3, 0.4) is 0 Å². The molecular formula is C17H15N3O4S. The van der Waals surface area contributed by atoms with Crippen molar-refractivity contribution < 1.29 is 14.8 Å². The van der Waals surface area contributed by atoms with Gasteiger partial charge in [0.25, 0.3) is 5.69 Å². The number of nitrogens with one attached hydrogen (secondary N) is 1. The summed E-state index contributed by atoms with van der Waals surface area (Å²) >= 11 is 1.13. The second-order valence-electron chi connectivity index (χ2n) is 5.82. The molecule has 25 heavy (non-hydrogen) atoms. The molecule has 0 radical (unpaired) electrons. The van der Waals surface area contributed by atoms with E-state index in [4.69, 9.17) is 5.11 Å². The smallest absolute Gasteiger partial charge is 0.336 e. The second-order valence-corrected chi connectivity index (χ2v) is 6.82. The molecule has 8 heteroatoms. The third kappa shape index (κ3) is 3.16. The van der Waals surface area contributed by atoms with Crippen molar-refractivity contribution in [2.24, 2.45) is 0 Å². The lowest BCUT2D eigenvalue weighted by molar-refractivity contribution is -0.382. The monoisotopic (exact) mass is 357 g/mol. The first kappa shape index (κ1) is 16.8. The fraction of sp³-hybridized carbons (Fsp3) is 0.176. The van der Waals surface area contributed by atoms with Gasteiger partial charge in [0.2, 0.25) is 0 Å². The molecule has 3 aromatic rings. The summed E-state index contributed by atoms with van der Waals surface area (Å²) in [5, 5.41) is 24.1. The van der Waals surface area contributed by atoms with Gasteiger partial charge in [0, 0.05) is 11.8 Å². The zero-order chi connectivity index (χ0) is 18.3. The molecule has 0 saturated carbocycles. The summed E-state index contributed by atoms with van der Waals surface area (Å²) in [5.41, 5.74) is 4.00. The van der Waals surface area contributed by atoms with Crippen molar-refractivity contribution in [2.75, 3.05) is 5.32 Å². The summed E-state index contributed by atoms with van der Waals surface area (Å²) in [7, 11) is 0. The Morgan fingerprint density at radius 1 is 1.20 bits per heavy atom. The fourth-order valence-electron chi connectivity index (χ4n) is 2.81. The standard InChI is InChI=1S/C17H15N3O4S/c1-8-4-9(2)14(10(3)5-8)19-17-18-12-6-11(16(21)22)7-13(20(23)24)15(12)25-17/h4-7H,1-3H3,(H,18,19)(H,21,22). The van der Waals surface area contributed by atoms with E-state index in [-0.39, 0.29) is 11.3 Å². The molecule has 0 fully saturated rings. The second kappa shape index (κ2) is 6.14. The van der Waals surface area contributed by atoms with E-state index in [1.807, 2.05) is 32.9 Å². The topological polar surface area (TPSA) is 105 Å². The van der Waals surface area contributed by atoms with Crippen LogP contribution in [-0.4, -0.2) is 21.0 Å². The minimum Gasteiger partial charge on any atom is -0.478 e. The SMILES string of the molecule is Cc1cc(C)c(Nc2nc3cc(C(=O)O)cc([N+](=O)[O-])c3s2)c(C)c1. The summed E-state index contributed by atoms with van der Waals surface area (Å²) in [6.45, 7) is 5.96. The van der Waals surface area contributed by atoms with Crippen molar-refractivity contribution in [3.05, 3.63) is 56.6 Å². The number of nitro benzene ring substituents is 1. The van der Waals surface area contributed by atoms with Crippen LogP contribution in [0.15, 0.2) is 24.3 Å². The Morgan fingerprint density at radius 2 is 1.84 bits per heavy atom. The number of anilines is 2. The molecular weight excluding hydrogens is 342 g/mol. The van der Waals surface area contributed by atoms with E-state index in [2.05, 4.69) is 10.3 Å². The van der Waals surface area contributed by atoms with Gasteiger partial charge in [0.05, 0.1) is 16.0 Å². The van der Waals surface area contributed by atoms with Crippen LogP contribution in [-0.2, 0) is 0 Å². The van der Waals surface area contributed by atoms with E-state index in [0.717, 1.165) is 39.8 Å². The quantitative estimate of drug-likeness (QED) is 0.523. The number of fused-ring (bicyclic) bond motifs is 1. The number of carboxylic acid groups (broad SMARTS) is 1. The normalized spacial score (nSPS) is 10.8. The molecule has 3 rings (SSSR count). The maximum Gasteiger partial charge on any atom is 0.336 e. The summed E-state index contributed by atoms with van der Waals surface area (Å²) in [6.07, 6.45) is 0. The first-order valence-electron chi connectivity index (χ1n) is 7.43. The molecule has 0 aliphatic rings. The van der Waals surface area contributed by atoms with Crippen LogP contribution in [0.2, 0.25) is 0 Å². The summed E-state index contributed by atoms with van der Waals surface area (Å²) < 4.78 is 0.347. The molecule has 128 valence electrons. The molecule has 0 amide bonds. The van der Waals surface area contributed by atoms with Gasteiger partial charge in [-0.15, -0.1) is 0 Å². The molecule has 0 aliphatic heterocycles. The number of nitrogens with zero attached hydrogens (tertiary/aromatic N) is 2. The van der Waals surface area contributed by atoms with Crippen molar-refractivity contribution in [2.45, 2.75) is 20.8 Å². The minimum absolute atomic E-state index is 0.154. The minimum atomic E-state index is -1.22. The zero-order valence-electron chi connectivity index (χ0n) is 13.8. The van der Waals surface area contributed by atoms with E-state index >= 15 is 0 Å². The highest BCUT2D eigenvalue weighted by Gasteiger charge is 2.21. The maximum atomic E-state index is 11.3. The molecule has 0 aliphatic carbocycles. The Labute approximate surface area is 147 Å². The Hall–Kier alpha value is -3.00. The van der Waals surface area contributed by atoms with Crippen molar-refractivity contribution in [3.8, 4) is 0 Å². The maximum absolute atomic E-state index is 11.3. The van der Waals surface area contributed by atoms with Crippen LogP contribution >= 0.6 is 11.3 Å². The highest BCUT2D eigenvalue weighted by Crippen LogP contribution is 2.37. The van der Waals surface area contributed by atoms with Gasteiger partial charge in [-0.25, -0.2) is 9.78 Å². The third-order valence-electron chi connectivity index (χ3n) is 3.82. The largest absolute Gasteiger partial charge is 0.478 e. The number of nitro groups is 1. The van der Waals surface area contributed by atoms with Crippen molar-refractivity contribution >= 4 is 44.0 Å². The van der Waals surface area contributed by atoms with Gasteiger partial charge in [0.1, 0.15) is 4.70 Å². The van der Waals surface area contributed by atoms with Crippen molar-refractivity contribution in [1.82, 2.24) is 4.98 Å². The molecule has 0 atom stereocenters. The van der Waals surface area contributed by atoms with E-state index < -0.39 is 10.9 Å². The van der Waals surface area contributed by atoms with Crippen LogP contribution in [0.25, 0.3) is 10.2 Å². The lowest BCUT2D eigenvalue weighted by atomic mass is 10.1. The van der Waals surface area contributed by atoms with Crippen molar-refractivity contribution in [1.29, 1.82) is 0 Å². The highest BCUT2D eigenvalue weighted by atomic mass is 32.1. The Balaban J connectivity index is 2.12. The number of rotatable bonds is 4. The van der Waals surface area contributed by atoms with Gasteiger partial charge in [0.15, 0.2) is 5.13 Å². The van der Waals surface area contributed by atoms with Gasteiger partial charge in [-0.1, -0.05) is 29.0 Å². The molecule has 0 saturated heterocycles. The molecule has 7 nitrogen and oxygen atoms in total. The highest BCUT2D eigenvalue weighted by molar-refractivity contribution is 7.22. The number of aryl methyl sites for hydroxylation is 3. The number of carbonyl (C=O) groups is 1. The van der Waals surface area contributed by atoms with E-state index in [9.17, 15) is 14.9 Å². The number of hydrogen-bond acceptors (Lipinski definition) is 6. The van der Waals surface area contributed by atoms with E-state index in [1.54, 1.807) is 0 Å². The van der Waals surface area contributed by atoms with Crippen LogP contribution in [0, 0.1) is 30.9 Å². The zero-order valence-corrected chi connectivity index (χ0v) is 14.6. The first-order chi connectivity index (χ1) is 11.8. The number of hydrogen-bond donors (Lipinski definition) is 2. The average Bonchev–Trinajstić information content (AvgIpc) is 2.91. The molecule has 0 spiro atoms. The van der Waals surface area contributed by atoms with Crippen LogP contribution in [0.1, 0.15) is 27.0 Å². The molecule has 0 unspecified atom stereocenters. The van der Waals surface area contributed by atoms with Gasteiger partial charge in [-0.3, -0.25) is 10.1 Å². The first-order valence-corrected chi connectivity index (χ1v) is 8.25. The Kier molecular flexibility index (Phi) is 4.13. The fourth-order valence-corrected chi connectivity index (χ4v) is 3.75. The average molecular weight is 357 g/mol.